The first-order valence-corrected chi connectivity index (χ1v) is 18.4. The van der Waals surface area contributed by atoms with Crippen LogP contribution in [0.3, 0.4) is 0 Å². The minimum absolute atomic E-state index is 0.128. The van der Waals surface area contributed by atoms with Gasteiger partial charge in [0.1, 0.15) is 0 Å². The first kappa shape index (κ1) is 25.6. The van der Waals surface area contributed by atoms with E-state index in [1.807, 2.05) is 0 Å². The molecule has 0 atom stereocenters. The molecule has 4 aromatic rings. The summed E-state index contributed by atoms with van der Waals surface area (Å²) >= 11 is -4.06. The molecule has 0 spiro atoms. The van der Waals surface area contributed by atoms with Gasteiger partial charge in [0.25, 0.3) is 0 Å². The summed E-state index contributed by atoms with van der Waals surface area (Å²) in [7, 11) is 0. The van der Waals surface area contributed by atoms with Gasteiger partial charge >= 0.3 is 238 Å². The third kappa shape index (κ3) is 5.56. The monoisotopic (exact) mass is 586 g/mol. The van der Waals surface area contributed by atoms with E-state index in [2.05, 4.69) is 160 Å². The van der Waals surface area contributed by atoms with Gasteiger partial charge in [-0.25, -0.2) is 0 Å². The Bertz CT molecular complexity index is 1430. The Hall–Kier alpha value is -3.68. The normalized spacial score (nSPS) is 14.8. The molecule has 0 bridgehead atoms. The zero-order valence-corrected chi connectivity index (χ0v) is 24.8. The number of hydrogen-bond acceptors (Lipinski definition) is 2. The second-order valence-electron chi connectivity index (χ2n) is 10.3. The van der Waals surface area contributed by atoms with Crippen molar-refractivity contribution in [3.05, 3.63) is 157 Å². The van der Waals surface area contributed by atoms with Crippen molar-refractivity contribution in [1.82, 2.24) is 0 Å². The molecule has 2 aliphatic carbocycles. The Morgan fingerprint density at radius 2 is 0.846 bits per heavy atom. The van der Waals surface area contributed by atoms with Crippen molar-refractivity contribution in [1.29, 1.82) is 0 Å². The summed E-state index contributed by atoms with van der Waals surface area (Å²) in [4.78, 5) is 0. The summed E-state index contributed by atoms with van der Waals surface area (Å²) < 4.78 is 14.7. The van der Waals surface area contributed by atoms with Crippen LogP contribution in [0.4, 0.5) is 0 Å². The van der Waals surface area contributed by atoms with Gasteiger partial charge in [0, 0.05) is 0 Å². The number of rotatable bonds is 8. The van der Waals surface area contributed by atoms with Crippen molar-refractivity contribution >= 4 is 0 Å². The molecule has 39 heavy (non-hydrogen) atoms. The summed E-state index contributed by atoms with van der Waals surface area (Å²) in [6.07, 6.45) is 17.5. The van der Waals surface area contributed by atoms with E-state index in [4.69, 9.17) is 5.63 Å². The van der Waals surface area contributed by atoms with Crippen LogP contribution in [0.15, 0.2) is 146 Å². The van der Waals surface area contributed by atoms with E-state index in [0.717, 1.165) is 22.6 Å². The molecule has 0 saturated carbocycles. The number of aryl methyl sites for hydroxylation is 2. The molecule has 2 nitrogen and oxygen atoms in total. The molecule has 0 saturated heterocycles. The number of hydrogen-bond donors (Lipinski definition) is 0. The van der Waals surface area contributed by atoms with Crippen LogP contribution in [0.25, 0.3) is 22.3 Å². The standard InChI is InChI=1S/2C13H12O.2C5H5.Zr/c2*1-10-5-7-11(8-6-10)12-3-2-4-13(14)9-12;2*1-2-4-5-3-1;/h2*2-9,14H,1H3;2*1-5H;/q;;;;+2/p-2. The van der Waals surface area contributed by atoms with Gasteiger partial charge in [0.2, 0.25) is 0 Å². The van der Waals surface area contributed by atoms with Crippen LogP contribution in [-0.4, -0.2) is 0 Å². The summed E-state index contributed by atoms with van der Waals surface area (Å²) in [6.45, 7) is 4.23. The Balaban J connectivity index is 1.40. The predicted molar refractivity (Wildman–Crippen MR) is 159 cm³/mol. The average molecular weight is 588 g/mol. The van der Waals surface area contributed by atoms with Gasteiger partial charge < -0.3 is 0 Å². The first-order chi connectivity index (χ1) is 19.1. The second kappa shape index (κ2) is 11.2. The first-order valence-electron chi connectivity index (χ1n) is 13.5. The van der Waals surface area contributed by atoms with E-state index < -0.39 is 21.1 Å². The van der Waals surface area contributed by atoms with Gasteiger partial charge in [-0.15, -0.1) is 0 Å². The molecule has 6 rings (SSSR count). The molecule has 0 amide bonds. The molecule has 192 valence electrons. The fourth-order valence-electron chi connectivity index (χ4n) is 5.25. The van der Waals surface area contributed by atoms with Gasteiger partial charge in [0.15, 0.2) is 0 Å². The van der Waals surface area contributed by atoms with E-state index in [-0.39, 0.29) is 7.25 Å². The molecular weight excluding hydrogens is 556 g/mol. The van der Waals surface area contributed by atoms with Crippen LogP contribution >= 0.6 is 0 Å². The van der Waals surface area contributed by atoms with Crippen LogP contribution in [0.1, 0.15) is 11.1 Å². The summed E-state index contributed by atoms with van der Waals surface area (Å²) in [5, 5.41) is 0. The molecule has 0 fully saturated rings. The Morgan fingerprint density at radius 1 is 0.462 bits per heavy atom. The molecular formula is C36H32O2Zr. The van der Waals surface area contributed by atoms with Crippen LogP contribution in [0.5, 0.6) is 11.5 Å². The Kier molecular flexibility index (Phi) is 7.35. The maximum atomic E-state index is 7.20. The van der Waals surface area contributed by atoms with Gasteiger partial charge in [0.05, 0.1) is 0 Å². The van der Waals surface area contributed by atoms with E-state index in [1.54, 1.807) is 0 Å². The molecule has 3 heteroatoms. The van der Waals surface area contributed by atoms with Gasteiger partial charge in [-0.1, -0.05) is 0 Å². The molecule has 2 aliphatic rings. The number of allylic oxidation sites excluding steroid dienone is 8. The minimum atomic E-state index is -4.06. The van der Waals surface area contributed by atoms with Crippen molar-refractivity contribution in [3.8, 4) is 33.8 Å². The zero-order valence-electron chi connectivity index (χ0n) is 22.3. The van der Waals surface area contributed by atoms with Crippen LogP contribution in [0, 0.1) is 13.8 Å². The van der Waals surface area contributed by atoms with Gasteiger partial charge in [-0.05, 0) is 0 Å². The van der Waals surface area contributed by atoms with Crippen molar-refractivity contribution in [2.45, 2.75) is 21.1 Å². The Labute approximate surface area is 237 Å². The Morgan fingerprint density at radius 3 is 1.23 bits per heavy atom. The SMILES string of the molecule is Cc1ccc(-c2cccc([O][Zr]([O]c3cccc(-c4ccc(C)cc4)c3)([CH]3C=CC=C3)[CH]3C=CC=C3)c2)cc1. The molecule has 0 heterocycles. The summed E-state index contributed by atoms with van der Waals surface area (Å²) in [6, 6.07) is 34.2. The molecule has 0 N–H and O–H groups in total. The van der Waals surface area contributed by atoms with Crippen molar-refractivity contribution in [2.24, 2.45) is 0 Å². The third-order valence-corrected chi connectivity index (χ3v) is 16.6. The summed E-state index contributed by atoms with van der Waals surface area (Å²) in [5.74, 6) is 1.72. The van der Waals surface area contributed by atoms with E-state index in [1.165, 1.54) is 22.3 Å². The molecule has 0 unspecified atom stereocenters. The topological polar surface area (TPSA) is 18.5 Å². The van der Waals surface area contributed by atoms with Crippen LogP contribution in [-0.2, 0) is 21.1 Å². The van der Waals surface area contributed by atoms with E-state index >= 15 is 0 Å². The van der Waals surface area contributed by atoms with Crippen molar-refractivity contribution in [2.75, 3.05) is 0 Å². The fourth-order valence-corrected chi connectivity index (χ4v) is 14.0. The van der Waals surface area contributed by atoms with Crippen molar-refractivity contribution in [3.63, 3.8) is 0 Å². The quantitative estimate of drug-likeness (QED) is 0.204. The van der Waals surface area contributed by atoms with Gasteiger partial charge in [-0.2, -0.15) is 0 Å². The van der Waals surface area contributed by atoms with E-state index in [0.29, 0.717) is 0 Å². The molecule has 0 aliphatic heterocycles. The fraction of sp³-hybridized carbons (Fsp3) is 0.111. The summed E-state index contributed by atoms with van der Waals surface area (Å²) in [5.41, 5.74) is 7.15. The van der Waals surface area contributed by atoms with Crippen LogP contribution in [0.2, 0.25) is 7.25 Å². The zero-order chi connectivity index (χ0) is 26.7. The van der Waals surface area contributed by atoms with E-state index in [9.17, 15) is 0 Å². The predicted octanol–water partition coefficient (Wildman–Crippen LogP) is 9.91. The molecule has 4 aromatic carbocycles. The number of benzene rings is 4. The van der Waals surface area contributed by atoms with Crippen molar-refractivity contribution < 1.29 is 26.8 Å². The average Bonchev–Trinajstić information content (AvgIpc) is 3.70. The maximum absolute atomic E-state index is 7.20. The van der Waals surface area contributed by atoms with Gasteiger partial charge in [-0.3, -0.25) is 0 Å². The van der Waals surface area contributed by atoms with Crippen LogP contribution < -0.4 is 5.63 Å². The molecule has 0 radical (unpaired) electrons. The third-order valence-electron chi connectivity index (χ3n) is 7.42. The second-order valence-corrected chi connectivity index (χ2v) is 18.1. The molecule has 0 aromatic heterocycles.